The van der Waals surface area contributed by atoms with E-state index in [1.807, 2.05) is 0 Å². The Morgan fingerprint density at radius 3 is 1.61 bits per heavy atom. The predicted molar refractivity (Wildman–Crippen MR) is 138 cm³/mol. The molecule has 0 radical (unpaired) electrons. The van der Waals surface area contributed by atoms with Crippen LogP contribution in [-0.2, 0) is 23.7 Å². The number of nitro benzene ring substituents is 1. The molecule has 20 heteroatoms. The minimum atomic E-state index is -1.98. The van der Waals surface area contributed by atoms with E-state index in [1.165, 1.54) is 0 Å². The SMILES string of the molecule is O=[N+]([O-])c1ccc(O[C@@H]2O[C@H](CO)[C@@H](O[C@@H]3O[C@H](CO)[C@@H](O[C@@H]4O[C@H](CO)[C@@H](O)[C@H](O)[C@H]4O)[C@H](O)[C@H]3O)[C@H](O)[C@H]2O)c(Cl)c1. The van der Waals surface area contributed by atoms with Gasteiger partial charge >= 0.3 is 0 Å². The van der Waals surface area contributed by atoms with Gasteiger partial charge < -0.3 is 79.5 Å². The highest BCUT2D eigenvalue weighted by Crippen LogP contribution is 2.35. The van der Waals surface area contributed by atoms with Crippen LogP contribution in [0.3, 0.4) is 0 Å². The van der Waals surface area contributed by atoms with E-state index in [0.717, 1.165) is 18.2 Å². The summed E-state index contributed by atoms with van der Waals surface area (Å²) in [5, 5.41) is 113. The zero-order chi connectivity index (χ0) is 32.5. The van der Waals surface area contributed by atoms with Crippen molar-refractivity contribution in [1.82, 2.24) is 0 Å². The summed E-state index contributed by atoms with van der Waals surface area (Å²) in [4.78, 5) is 10.2. The number of benzene rings is 1. The first-order chi connectivity index (χ1) is 20.8. The largest absolute Gasteiger partial charge is 0.460 e. The normalized spacial score (nSPS) is 43.0. The summed E-state index contributed by atoms with van der Waals surface area (Å²) in [5.74, 6) is -0.157. The van der Waals surface area contributed by atoms with Crippen LogP contribution in [0.2, 0.25) is 5.02 Å². The molecule has 3 heterocycles. The zero-order valence-electron chi connectivity index (χ0n) is 22.6. The van der Waals surface area contributed by atoms with Crippen LogP contribution in [0.15, 0.2) is 18.2 Å². The van der Waals surface area contributed by atoms with Crippen LogP contribution >= 0.6 is 11.6 Å². The van der Waals surface area contributed by atoms with Gasteiger partial charge in [-0.25, -0.2) is 0 Å². The fourth-order valence-electron chi connectivity index (χ4n) is 4.96. The lowest BCUT2D eigenvalue weighted by atomic mass is 9.96. The van der Waals surface area contributed by atoms with Crippen molar-refractivity contribution in [2.75, 3.05) is 19.8 Å². The highest BCUT2D eigenvalue weighted by molar-refractivity contribution is 6.32. The lowest BCUT2D eigenvalue weighted by Crippen LogP contribution is -2.66. The molecule has 0 aliphatic carbocycles. The molecule has 44 heavy (non-hydrogen) atoms. The summed E-state index contributed by atoms with van der Waals surface area (Å²) in [5.41, 5.74) is -0.343. The van der Waals surface area contributed by atoms with Gasteiger partial charge in [-0.1, -0.05) is 11.6 Å². The molecule has 1 aromatic carbocycles. The van der Waals surface area contributed by atoms with Crippen molar-refractivity contribution in [3.8, 4) is 5.75 Å². The van der Waals surface area contributed by atoms with Gasteiger partial charge in [-0.2, -0.15) is 0 Å². The maximum atomic E-state index is 10.9. The maximum Gasteiger partial charge on any atom is 0.271 e. The standard InChI is InChI=1S/C24H34ClNO18/c25-8-3-7(26(37)38)1-2-9(8)39-22-18(35)15(32)20(11(5-28)41-22)44-24-19(36)16(33)21(12(6-29)42-24)43-23-17(34)14(31)13(30)10(4-27)40-23/h1-3,10-24,27-36H,4-6H2/t10-,11-,12-,13-,14+,15-,16-,17-,18-,19-,20-,21-,22-,23+,24+/m1/s1. The third-order valence-electron chi connectivity index (χ3n) is 7.44. The molecule has 1 aromatic rings. The van der Waals surface area contributed by atoms with Crippen molar-refractivity contribution in [1.29, 1.82) is 0 Å². The molecular formula is C24H34ClNO18. The van der Waals surface area contributed by atoms with Crippen LogP contribution in [0.4, 0.5) is 5.69 Å². The topological polar surface area (TPSA) is 301 Å². The molecule has 3 saturated heterocycles. The third kappa shape index (κ3) is 7.08. The van der Waals surface area contributed by atoms with E-state index >= 15 is 0 Å². The lowest BCUT2D eigenvalue weighted by Gasteiger charge is -2.48. The number of nitro groups is 1. The number of aliphatic hydroxyl groups excluding tert-OH is 10. The Hall–Kier alpha value is -1.89. The summed E-state index contributed by atoms with van der Waals surface area (Å²) in [6.07, 6.45) is -25.9. The Morgan fingerprint density at radius 1 is 0.682 bits per heavy atom. The molecule has 0 unspecified atom stereocenters. The lowest BCUT2D eigenvalue weighted by molar-refractivity contribution is -0.384. The molecule has 3 aliphatic rings. The summed E-state index contributed by atoms with van der Waals surface area (Å²) < 4.78 is 32.8. The van der Waals surface area contributed by atoms with Gasteiger partial charge in [-0.3, -0.25) is 10.1 Å². The van der Waals surface area contributed by atoms with Crippen LogP contribution in [0.1, 0.15) is 0 Å². The van der Waals surface area contributed by atoms with Crippen molar-refractivity contribution in [2.45, 2.75) is 92.1 Å². The first kappa shape index (κ1) is 35.0. The van der Waals surface area contributed by atoms with E-state index in [2.05, 4.69) is 0 Å². The van der Waals surface area contributed by atoms with Crippen molar-refractivity contribution in [2.24, 2.45) is 0 Å². The van der Waals surface area contributed by atoms with E-state index < -0.39 is 117 Å². The number of rotatable bonds is 10. The van der Waals surface area contributed by atoms with Gasteiger partial charge in [0.05, 0.1) is 29.8 Å². The van der Waals surface area contributed by atoms with Crippen molar-refractivity contribution in [3.05, 3.63) is 33.3 Å². The Kier molecular flexibility index (Phi) is 11.7. The van der Waals surface area contributed by atoms with Crippen LogP contribution in [0.5, 0.6) is 5.75 Å². The highest BCUT2D eigenvalue weighted by atomic mass is 35.5. The van der Waals surface area contributed by atoms with E-state index in [4.69, 9.17) is 40.0 Å². The Bertz CT molecular complexity index is 1110. The van der Waals surface area contributed by atoms with Crippen LogP contribution in [0, 0.1) is 10.1 Å². The van der Waals surface area contributed by atoms with Crippen LogP contribution < -0.4 is 4.74 Å². The Morgan fingerprint density at radius 2 is 1.14 bits per heavy atom. The highest BCUT2D eigenvalue weighted by Gasteiger charge is 2.53. The molecule has 4 rings (SSSR count). The second-order valence-corrected chi connectivity index (χ2v) is 10.7. The third-order valence-corrected chi connectivity index (χ3v) is 7.74. The number of hydrogen-bond donors (Lipinski definition) is 10. The van der Waals surface area contributed by atoms with Crippen LogP contribution in [0.25, 0.3) is 0 Å². The van der Waals surface area contributed by atoms with Crippen molar-refractivity contribution < 1.29 is 84.4 Å². The van der Waals surface area contributed by atoms with Gasteiger partial charge in [0, 0.05) is 12.1 Å². The number of halogens is 1. The summed E-state index contributed by atoms with van der Waals surface area (Å²) in [6, 6.07) is 3.18. The quantitative estimate of drug-likeness (QED) is 0.0831. The average molecular weight is 660 g/mol. The minimum absolute atomic E-state index is 0.157. The van der Waals surface area contributed by atoms with E-state index in [9.17, 15) is 61.2 Å². The van der Waals surface area contributed by atoms with Gasteiger partial charge in [0.15, 0.2) is 12.6 Å². The number of non-ortho nitro benzene ring substituents is 1. The summed E-state index contributed by atoms with van der Waals surface area (Å²) in [6.45, 7) is -2.47. The molecule has 0 aromatic heterocycles. The second-order valence-electron chi connectivity index (χ2n) is 10.3. The molecule has 0 spiro atoms. The maximum absolute atomic E-state index is 10.9. The predicted octanol–water partition coefficient (Wildman–Crippen LogP) is -4.92. The van der Waals surface area contributed by atoms with Gasteiger partial charge in [0.2, 0.25) is 6.29 Å². The summed E-state index contributed by atoms with van der Waals surface area (Å²) >= 11 is 6.01. The molecule has 0 bridgehead atoms. The molecule has 3 fully saturated rings. The Labute approximate surface area is 253 Å². The minimum Gasteiger partial charge on any atom is -0.460 e. The second kappa shape index (κ2) is 14.7. The first-order valence-corrected chi connectivity index (χ1v) is 13.7. The van der Waals surface area contributed by atoms with Gasteiger partial charge in [0.25, 0.3) is 5.69 Å². The molecule has 15 atom stereocenters. The molecule has 0 saturated carbocycles. The number of hydrogen-bond acceptors (Lipinski definition) is 18. The van der Waals surface area contributed by atoms with E-state index in [0.29, 0.717) is 0 Å². The average Bonchev–Trinajstić information content (AvgIpc) is 3.00. The molecule has 250 valence electrons. The van der Waals surface area contributed by atoms with Crippen molar-refractivity contribution in [3.63, 3.8) is 0 Å². The molecular weight excluding hydrogens is 626 g/mol. The van der Waals surface area contributed by atoms with Gasteiger partial charge in [-0.05, 0) is 6.07 Å². The monoisotopic (exact) mass is 659 g/mol. The van der Waals surface area contributed by atoms with E-state index in [-0.39, 0.29) is 16.5 Å². The fourth-order valence-corrected chi connectivity index (χ4v) is 5.18. The number of nitrogens with zero attached hydrogens (tertiary/aromatic N) is 1. The number of aliphatic hydroxyl groups is 10. The zero-order valence-corrected chi connectivity index (χ0v) is 23.3. The molecule has 0 amide bonds. The number of ether oxygens (including phenoxy) is 6. The fraction of sp³-hybridized carbons (Fsp3) is 0.750. The molecule has 19 nitrogen and oxygen atoms in total. The smallest absolute Gasteiger partial charge is 0.271 e. The Balaban J connectivity index is 1.44. The van der Waals surface area contributed by atoms with Gasteiger partial charge in [-0.15, -0.1) is 0 Å². The van der Waals surface area contributed by atoms with E-state index in [1.54, 1.807) is 0 Å². The van der Waals surface area contributed by atoms with Gasteiger partial charge in [0.1, 0.15) is 79.0 Å². The summed E-state index contributed by atoms with van der Waals surface area (Å²) in [7, 11) is 0. The van der Waals surface area contributed by atoms with Crippen molar-refractivity contribution >= 4 is 17.3 Å². The first-order valence-electron chi connectivity index (χ1n) is 13.3. The van der Waals surface area contributed by atoms with Crippen LogP contribution in [-0.4, -0.2) is 168 Å². The molecule has 3 aliphatic heterocycles. The molecule has 10 N–H and O–H groups in total.